The average Bonchev–Trinajstić information content (AvgIpc) is 1.88. The van der Waals surface area contributed by atoms with Crippen molar-refractivity contribution in [1.29, 1.82) is 0 Å². The summed E-state index contributed by atoms with van der Waals surface area (Å²) in [5.74, 6) is 0. The third-order valence-corrected chi connectivity index (χ3v) is 1.60. The second-order valence-corrected chi connectivity index (χ2v) is 2.85. The van der Waals surface area contributed by atoms with Crippen molar-refractivity contribution in [3.05, 3.63) is 12.2 Å². The Kier molecular flexibility index (Phi) is 2.90. The lowest BCUT2D eigenvalue weighted by Crippen LogP contribution is -2.37. The number of morpholine rings is 1. The van der Waals surface area contributed by atoms with Crippen LogP contribution in [0.4, 0.5) is 0 Å². The molecule has 1 aliphatic rings. The molecule has 0 radical (unpaired) electrons. The highest BCUT2D eigenvalue weighted by Gasteiger charge is 2.08. The smallest absolute Gasteiger partial charge is 0.0594 e. The van der Waals surface area contributed by atoms with Crippen molar-refractivity contribution in [1.82, 2.24) is 4.90 Å². The molecule has 0 aromatic carbocycles. The molecule has 0 amide bonds. The van der Waals surface area contributed by atoms with E-state index in [4.69, 9.17) is 4.74 Å². The molecule has 0 aromatic heterocycles. The number of rotatable bonds is 2. The fourth-order valence-corrected chi connectivity index (χ4v) is 1.14. The largest absolute Gasteiger partial charge is 0.379 e. The Morgan fingerprint density at radius 2 is 2.10 bits per heavy atom. The van der Waals surface area contributed by atoms with E-state index in [1.54, 1.807) is 0 Å². The minimum absolute atomic E-state index is 0.882. The quantitative estimate of drug-likeness (QED) is 0.530. The molecule has 1 heterocycles. The third-order valence-electron chi connectivity index (χ3n) is 1.60. The van der Waals surface area contributed by atoms with Crippen LogP contribution in [0.3, 0.4) is 0 Å². The first kappa shape index (κ1) is 7.76. The van der Waals surface area contributed by atoms with Crippen molar-refractivity contribution in [3.63, 3.8) is 0 Å². The molecule has 0 N–H and O–H groups in total. The van der Waals surface area contributed by atoms with Crippen LogP contribution in [0.1, 0.15) is 6.92 Å². The zero-order valence-electron chi connectivity index (χ0n) is 6.60. The average molecular weight is 141 g/mol. The second kappa shape index (κ2) is 3.74. The molecule has 2 nitrogen and oxygen atoms in total. The van der Waals surface area contributed by atoms with Crippen LogP contribution in [-0.2, 0) is 4.74 Å². The molecule has 58 valence electrons. The Balaban J connectivity index is 2.19. The van der Waals surface area contributed by atoms with Gasteiger partial charge in [-0.05, 0) is 6.92 Å². The van der Waals surface area contributed by atoms with Crippen molar-refractivity contribution >= 4 is 0 Å². The molecule has 1 aliphatic heterocycles. The number of hydrogen-bond acceptors (Lipinski definition) is 2. The zero-order valence-corrected chi connectivity index (χ0v) is 6.60. The van der Waals surface area contributed by atoms with Crippen LogP contribution in [-0.4, -0.2) is 37.7 Å². The molecule has 1 rings (SSSR count). The summed E-state index contributed by atoms with van der Waals surface area (Å²) >= 11 is 0. The maximum Gasteiger partial charge on any atom is 0.0594 e. The molecule has 0 bridgehead atoms. The first-order valence-electron chi connectivity index (χ1n) is 3.73. The van der Waals surface area contributed by atoms with E-state index in [1.165, 1.54) is 5.57 Å². The summed E-state index contributed by atoms with van der Waals surface area (Å²) in [6, 6.07) is 0. The monoisotopic (exact) mass is 141 g/mol. The van der Waals surface area contributed by atoms with Gasteiger partial charge in [0.25, 0.3) is 0 Å². The molecule has 0 saturated carbocycles. The van der Waals surface area contributed by atoms with Gasteiger partial charge in [-0.3, -0.25) is 4.90 Å². The van der Waals surface area contributed by atoms with E-state index in [1.807, 2.05) is 0 Å². The van der Waals surface area contributed by atoms with Crippen molar-refractivity contribution in [2.45, 2.75) is 6.92 Å². The molecular weight excluding hydrogens is 126 g/mol. The highest BCUT2D eigenvalue weighted by Crippen LogP contribution is 1.99. The summed E-state index contributed by atoms with van der Waals surface area (Å²) in [5.41, 5.74) is 1.24. The molecular formula is C8H15NO. The molecule has 1 fully saturated rings. The Hall–Kier alpha value is -0.340. The summed E-state index contributed by atoms with van der Waals surface area (Å²) in [6.07, 6.45) is 0. The Morgan fingerprint density at radius 1 is 1.50 bits per heavy atom. The SMILES string of the molecule is C=C(C)CN1CCOCC1. The topological polar surface area (TPSA) is 12.5 Å². The normalized spacial score (nSPS) is 20.9. The predicted octanol–water partition coefficient (Wildman–Crippen LogP) is 0.895. The van der Waals surface area contributed by atoms with Gasteiger partial charge in [0.2, 0.25) is 0 Å². The lowest BCUT2D eigenvalue weighted by atomic mass is 10.3. The van der Waals surface area contributed by atoms with Crippen molar-refractivity contribution in [2.75, 3.05) is 32.8 Å². The maximum atomic E-state index is 5.21. The predicted molar refractivity (Wildman–Crippen MR) is 42.1 cm³/mol. The standard InChI is InChI=1S/C8H15NO/c1-8(2)7-9-3-5-10-6-4-9/h1,3-7H2,2H3. The highest BCUT2D eigenvalue weighted by atomic mass is 16.5. The summed E-state index contributed by atoms with van der Waals surface area (Å²) < 4.78 is 5.21. The molecule has 0 spiro atoms. The van der Waals surface area contributed by atoms with E-state index >= 15 is 0 Å². The van der Waals surface area contributed by atoms with Crippen LogP contribution in [0, 0.1) is 0 Å². The van der Waals surface area contributed by atoms with Gasteiger partial charge in [-0.1, -0.05) is 12.2 Å². The molecule has 1 saturated heterocycles. The summed E-state index contributed by atoms with van der Waals surface area (Å²) in [6.45, 7) is 10.9. The van der Waals surface area contributed by atoms with Crippen LogP contribution in [0.2, 0.25) is 0 Å². The first-order valence-corrected chi connectivity index (χ1v) is 3.73. The van der Waals surface area contributed by atoms with Crippen molar-refractivity contribution < 1.29 is 4.74 Å². The second-order valence-electron chi connectivity index (χ2n) is 2.85. The van der Waals surface area contributed by atoms with Crippen LogP contribution in [0.25, 0.3) is 0 Å². The fraction of sp³-hybridized carbons (Fsp3) is 0.750. The summed E-state index contributed by atoms with van der Waals surface area (Å²) in [5, 5.41) is 0. The molecule has 2 heteroatoms. The Labute approximate surface area is 62.5 Å². The van der Waals surface area contributed by atoms with Gasteiger partial charge in [0.15, 0.2) is 0 Å². The van der Waals surface area contributed by atoms with Gasteiger partial charge in [0.05, 0.1) is 13.2 Å². The van der Waals surface area contributed by atoms with E-state index in [0.717, 1.165) is 32.8 Å². The lowest BCUT2D eigenvalue weighted by molar-refractivity contribution is 0.0423. The third kappa shape index (κ3) is 2.50. The number of ether oxygens (including phenoxy) is 1. The molecule has 0 unspecified atom stereocenters. The van der Waals surface area contributed by atoms with Crippen molar-refractivity contribution in [2.24, 2.45) is 0 Å². The van der Waals surface area contributed by atoms with Crippen LogP contribution < -0.4 is 0 Å². The first-order chi connectivity index (χ1) is 4.79. The number of nitrogens with zero attached hydrogens (tertiary/aromatic N) is 1. The number of hydrogen-bond donors (Lipinski definition) is 0. The minimum atomic E-state index is 0.882. The van der Waals surface area contributed by atoms with Gasteiger partial charge in [0, 0.05) is 19.6 Å². The van der Waals surface area contributed by atoms with E-state index in [9.17, 15) is 0 Å². The lowest BCUT2D eigenvalue weighted by Gasteiger charge is -2.26. The van der Waals surface area contributed by atoms with Crippen LogP contribution in [0.15, 0.2) is 12.2 Å². The molecule has 10 heavy (non-hydrogen) atoms. The van der Waals surface area contributed by atoms with E-state index in [2.05, 4.69) is 18.4 Å². The van der Waals surface area contributed by atoms with Gasteiger partial charge in [-0.25, -0.2) is 0 Å². The minimum Gasteiger partial charge on any atom is -0.379 e. The fourth-order valence-electron chi connectivity index (χ4n) is 1.14. The highest BCUT2D eigenvalue weighted by molar-refractivity contribution is 4.92. The van der Waals surface area contributed by atoms with Gasteiger partial charge in [-0.2, -0.15) is 0 Å². The molecule has 0 atom stereocenters. The van der Waals surface area contributed by atoms with Gasteiger partial charge < -0.3 is 4.74 Å². The summed E-state index contributed by atoms with van der Waals surface area (Å²) in [7, 11) is 0. The van der Waals surface area contributed by atoms with Crippen molar-refractivity contribution in [3.8, 4) is 0 Å². The summed E-state index contributed by atoms with van der Waals surface area (Å²) in [4.78, 5) is 2.37. The van der Waals surface area contributed by atoms with Crippen LogP contribution in [0.5, 0.6) is 0 Å². The van der Waals surface area contributed by atoms with E-state index < -0.39 is 0 Å². The van der Waals surface area contributed by atoms with Gasteiger partial charge in [0.1, 0.15) is 0 Å². The van der Waals surface area contributed by atoms with Crippen LogP contribution >= 0.6 is 0 Å². The van der Waals surface area contributed by atoms with E-state index in [0.29, 0.717) is 0 Å². The zero-order chi connectivity index (χ0) is 7.40. The molecule has 0 aliphatic carbocycles. The van der Waals surface area contributed by atoms with E-state index in [-0.39, 0.29) is 0 Å². The Bertz CT molecular complexity index is 116. The van der Waals surface area contributed by atoms with Gasteiger partial charge >= 0.3 is 0 Å². The Morgan fingerprint density at radius 3 is 2.60 bits per heavy atom. The maximum absolute atomic E-state index is 5.21. The molecule has 0 aromatic rings. The van der Waals surface area contributed by atoms with Gasteiger partial charge in [-0.15, -0.1) is 0 Å².